The summed E-state index contributed by atoms with van der Waals surface area (Å²) in [5.74, 6) is -1.99. The van der Waals surface area contributed by atoms with Gasteiger partial charge in [0.05, 0.1) is 31.2 Å². The lowest BCUT2D eigenvalue weighted by molar-refractivity contribution is -0.150. The van der Waals surface area contributed by atoms with Gasteiger partial charge < -0.3 is 19.5 Å². The van der Waals surface area contributed by atoms with E-state index >= 15 is 0 Å². The number of carboxylic acid groups (broad SMARTS) is 1. The number of amides is 2. The van der Waals surface area contributed by atoms with E-state index < -0.39 is 40.7 Å². The normalized spacial score (nSPS) is 25.6. The molecule has 0 aromatic heterocycles. The third-order valence-corrected chi connectivity index (χ3v) is 7.57. The minimum absolute atomic E-state index is 0.0306. The number of nitrogens with one attached hydrogen (secondary N) is 1. The lowest BCUT2D eigenvalue weighted by Gasteiger charge is -2.30. The molecule has 10 nitrogen and oxygen atoms in total. The Hall–Kier alpha value is -2.47. The van der Waals surface area contributed by atoms with Crippen molar-refractivity contribution in [3.8, 4) is 0 Å². The summed E-state index contributed by atoms with van der Waals surface area (Å²) in [5, 5.41) is 11.8. The van der Waals surface area contributed by atoms with Crippen LogP contribution >= 0.6 is 11.8 Å². The summed E-state index contributed by atoms with van der Waals surface area (Å²) in [6, 6.07) is 8.10. The van der Waals surface area contributed by atoms with Crippen LogP contribution in [0, 0.1) is 0 Å². The molecule has 190 valence electrons. The summed E-state index contributed by atoms with van der Waals surface area (Å²) in [5.41, 5.74) is 1.08. The maximum atomic E-state index is 13.4. The largest absolute Gasteiger partial charge is 0.480 e. The van der Waals surface area contributed by atoms with E-state index in [2.05, 4.69) is 5.32 Å². The van der Waals surface area contributed by atoms with E-state index in [0.29, 0.717) is 58.4 Å². The van der Waals surface area contributed by atoms with Gasteiger partial charge in [-0.2, -0.15) is 0 Å². The van der Waals surface area contributed by atoms with Gasteiger partial charge in [0, 0.05) is 13.1 Å². The van der Waals surface area contributed by atoms with Crippen LogP contribution in [0.15, 0.2) is 30.3 Å². The molecule has 2 amide bonds. The fourth-order valence-electron chi connectivity index (χ4n) is 4.64. The summed E-state index contributed by atoms with van der Waals surface area (Å²) in [6.07, 6.45) is 2.35. The zero-order valence-corrected chi connectivity index (χ0v) is 20.3. The van der Waals surface area contributed by atoms with Crippen molar-refractivity contribution in [2.24, 2.45) is 0 Å². The standard InChI is InChI=1S/C24H31N3O7S/c28-21-17(7-4-8-20-27(21)18(15-34-20)23(30)31)25-19(10-9-16-5-2-1-3-6-16)35-24(32)22(29)26-11-13-33-14-12-26/h1-3,5-6,17-20,25H,4,7-15H2,(H,30,31)/t17-,18-,19+,20-/m1/s1. The van der Waals surface area contributed by atoms with Gasteiger partial charge >= 0.3 is 11.9 Å². The molecular formula is C24H31N3O7S. The number of nitrogens with zero attached hydrogens (tertiary/aromatic N) is 2. The number of carbonyl (C=O) groups is 4. The predicted molar refractivity (Wildman–Crippen MR) is 127 cm³/mol. The van der Waals surface area contributed by atoms with E-state index in [9.17, 15) is 24.3 Å². The van der Waals surface area contributed by atoms with Crippen molar-refractivity contribution in [3.63, 3.8) is 0 Å². The second kappa shape index (κ2) is 12.0. The number of aryl methyl sites for hydroxylation is 1. The number of rotatable bonds is 7. The molecule has 1 aromatic rings. The minimum atomic E-state index is -1.09. The number of hydrogen-bond acceptors (Lipinski definition) is 8. The van der Waals surface area contributed by atoms with Crippen LogP contribution in [0.4, 0.5) is 0 Å². The quantitative estimate of drug-likeness (QED) is 0.410. The molecule has 0 bridgehead atoms. The van der Waals surface area contributed by atoms with Crippen LogP contribution in [0.3, 0.4) is 0 Å². The lowest BCUT2D eigenvalue weighted by Crippen LogP contribution is -2.53. The SMILES string of the molecule is O=C(S[C@@H](CCc1ccccc1)N[C@@H]1CCC[C@H]2OC[C@H](C(=O)O)N2C1=O)C(=O)N1CCOCC1. The van der Waals surface area contributed by atoms with Crippen LogP contribution in [-0.2, 0) is 35.1 Å². The fourth-order valence-corrected chi connectivity index (χ4v) is 5.60. The molecule has 1 aromatic carbocycles. The highest BCUT2D eigenvalue weighted by Gasteiger charge is 2.46. The number of benzene rings is 1. The summed E-state index contributed by atoms with van der Waals surface area (Å²) in [6.45, 7) is 1.53. The molecule has 11 heteroatoms. The number of thioether (sulfide) groups is 1. The first-order valence-corrected chi connectivity index (χ1v) is 12.9. The molecule has 0 radical (unpaired) electrons. The van der Waals surface area contributed by atoms with E-state index in [4.69, 9.17) is 9.47 Å². The van der Waals surface area contributed by atoms with Crippen LogP contribution in [0.1, 0.15) is 31.2 Å². The van der Waals surface area contributed by atoms with Crippen molar-refractivity contribution in [2.75, 3.05) is 32.9 Å². The minimum Gasteiger partial charge on any atom is -0.480 e. The highest BCUT2D eigenvalue weighted by atomic mass is 32.2. The van der Waals surface area contributed by atoms with Gasteiger partial charge in [-0.25, -0.2) is 4.79 Å². The Balaban J connectivity index is 1.46. The highest BCUT2D eigenvalue weighted by molar-refractivity contribution is 8.15. The third-order valence-electron chi connectivity index (χ3n) is 6.52. The van der Waals surface area contributed by atoms with Crippen molar-refractivity contribution in [1.29, 1.82) is 0 Å². The van der Waals surface area contributed by atoms with Gasteiger partial charge in [0.2, 0.25) is 5.91 Å². The van der Waals surface area contributed by atoms with Crippen LogP contribution in [-0.4, -0.2) is 94.4 Å². The van der Waals surface area contributed by atoms with Crippen LogP contribution in [0.2, 0.25) is 0 Å². The molecule has 0 spiro atoms. The number of fused-ring (bicyclic) bond motifs is 1. The maximum absolute atomic E-state index is 13.4. The molecule has 2 N–H and O–H groups in total. The molecule has 4 rings (SSSR count). The lowest BCUT2D eigenvalue weighted by atomic mass is 10.1. The molecule has 35 heavy (non-hydrogen) atoms. The van der Waals surface area contributed by atoms with Gasteiger partial charge in [-0.05, 0) is 37.7 Å². The van der Waals surface area contributed by atoms with E-state index in [1.807, 2.05) is 30.3 Å². The smallest absolute Gasteiger partial charge is 0.328 e. The zero-order valence-electron chi connectivity index (χ0n) is 19.5. The molecule has 3 heterocycles. The third kappa shape index (κ3) is 6.40. The molecule has 0 aliphatic carbocycles. The summed E-state index contributed by atoms with van der Waals surface area (Å²) >= 11 is 0.900. The van der Waals surface area contributed by atoms with Gasteiger partial charge in [0.15, 0.2) is 6.04 Å². The van der Waals surface area contributed by atoms with Gasteiger partial charge in [-0.15, -0.1) is 0 Å². The van der Waals surface area contributed by atoms with Crippen LogP contribution in [0.25, 0.3) is 0 Å². The number of ether oxygens (including phenoxy) is 2. The van der Waals surface area contributed by atoms with Gasteiger partial charge in [-0.3, -0.25) is 24.6 Å². The van der Waals surface area contributed by atoms with E-state index in [0.717, 1.165) is 17.3 Å². The maximum Gasteiger partial charge on any atom is 0.328 e. The summed E-state index contributed by atoms with van der Waals surface area (Å²) < 4.78 is 10.8. The second-order valence-electron chi connectivity index (χ2n) is 8.86. The van der Waals surface area contributed by atoms with Crippen molar-refractivity contribution in [3.05, 3.63) is 35.9 Å². The average Bonchev–Trinajstić information content (AvgIpc) is 3.24. The average molecular weight is 506 g/mol. The molecule has 0 saturated carbocycles. The number of hydrogen-bond donors (Lipinski definition) is 2. The van der Waals surface area contributed by atoms with Gasteiger partial charge in [-0.1, -0.05) is 42.1 Å². The fraction of sp³-hybridized carbons (Fsp3) is 0.583. The van der Waals surface area contributed by atoms with E-state index in [1.165, 1.54) is 9.80 Å². The van der Waals surface area contributed by atoms with E-state index in [1.54, 1.807) is 0 Å². The Morgan fingerprint density at radius 3 is 2.60 bits per heavy atom. The monoisotopic (exact) mass is 505 g/mol. The first-order valence-electron chi connectivity index (χ1n) is 12.0. The van der Waals surface area contributed by atoms with Crippen LogP contribution < -0.4 is 5.32 Å². The highest BCUT2D eigenvalue weighted by Crippen LogP contribution is 2.28. The number of carboxylic acids is 1. The topological polar surface area (TPSA) is 125 Å². The Bertz CT molecular complexity index is 925. The van der Waals surface area contributed by atoms with Crippen molar-refractivity contribution >= 4 is 34.7 Å². The van der Waals surface area contributed by atoms with Crippen molar-refractivity contribution in [1.82, 2.24) is 15.1 Å². The molecule has 0 unspecified atom stereocenters. The first-order chi connectivity index (χ1) is 16.9. The molecule has 3 fully saturated rings. The Labute approximate surface area is 208 Å². The Morgan fingerprint density at radius 2 is 1.89 bits per heavy atom. The molecule has 3 aliphatic heterocycles. The van der Waals surface area contributed by atoms with Crippen molar-refractivity contribution in [2.45, 2.75) is 55.8 Å². The second-order valence-corrected chi connectivity index (χ2v) is 10.0. The van der Waals surface area contributed by atoms with Gasteiger partial charge in [0.1, 0.15) is 6.23 Å². The first kappa shape index (κ1) is 25.6. The Morgan fingerprint density at radius 1 is 1.14 bits per heavy atom. The molecule has 3 aliphatic rings. The summed E-state index contributed by atoms with van der Waals surface area (Å²) in [4.78, 5) is 53.4. The molecular weight excluding hydrogens is 474 g/mol. The number of morpholine rings is 1. The Kier molecular flexibility index (Phi) is 8.77. The van der Waals surface area contributed by atoms with Crippen LogP contribution in [0.5, 0.6) is 0 Å². The van der Waals surface area contributed by atoms with Gasteiger partial charge in [0.25, 0.3) is 5.12 Å². The molecule has 4 atom stereocenters. The number of aliphatic carboxylic acids is 1. The van der Waals surface area contributed by atoms with Crippen molar-refractivity contribution < 1.29 is 33.8 Å². The summed E-state index contributed by atoms with van der Waals surface area (Å²) in [7, 11) is 0. The number of carbonyl (C=O) groups excluding carboxylic acids is 3. The van der Waals surface area contributed by atoms with E-state index in [-0.39, 0.29) is 12.5 Å². The zero-order chi connectivity index (χ0) is 24.8. The molecule has 3 saturated heterocycles. The predicted octanol–water partition coefficient (Wildman–Crippen LogP) is 0.844.